The summed E-state index contributed by atoms with van der Waals surface area (Å²) in [6.45, 7) is 3.95. The van der Waals surface area contributed by atoms with Crippen LogP contribution in [0.2, 0.25) is 0 Å². The largest absolute Gasteiger partial charge is 0.496 e. The van der Waals surface area contributed by atoms with Crippen LogP contribution in [0.1, 0.15) is 69.8 Å². The molecule has 2 aliphatic carbocycles. The van der Waals surface area contributed by atoms with Crippen molar-refractivity contribution in [1.82, 2.24) is 4.90 Å². The molecule has 1 amide bonds. The number of fused-ring (bicyclic) bond motifs is 2. The van der Waals surface area contributed by atoms with Crippen LogP contribution in [-0.4, -0.2) is 37.0 Å². The number of nitrogens with zero attached hydrogens (tertiary/aromatic N) is 1. The molecule has 0 spiro atoms. The molecule has 27 heavy (non-hydrogen) atoms. The van der Waals surface area contributed by atoms with E-state index in [4.69, 9.17) is 4.74 Å². The highest BCUT2D eigenvalue weighted by atomic mass is 16.5. The highest BCUT2D eigenvalue weighted by Crippen LogP contribution is 2.43. The number of anilines is 1. The van der Waals surface area contributed by atoms with Crippen molar-refractivity contribution in [1.29, 1.82) is 0 Å². The molecule has 3 aliphatic rings. The first kappa shape index (κ1) is 18.8. The summed E-state index contributed by atoms with van der Waals surface area (Å²) < 4.78 is 5.63. The third-order valence-corrected chi connectivity index (χ3v) is 7.20. The third kappa shape index (κ3) is 4.31. The fourth-order valence-electron chi connectivity index (χ4n) is 5.83. The van der Waals surface area contributed by atoms with E-state index in [-0.39, 0.29) is 5.91 Å². The second kappa shape index (κ2) is 8.22. The predicted octanol–water partition coefficient (Wildman–Crippen LogP) is 4.80. The van der Waals surface area contributed by atoms with Gasteiger partial charge in [-0.15, -0.1) is 0 Å². The molecule has 4 heteroatoms. The zero-order valence-electron chi connectivity index (χ0n) is 16.9. The maximum Gasteiger partial charge on any atom is 0.221 e. The van der Waals surface area contributed by atoms with Crippen molar-refractivity contribution in [2.45, 2.75) is 70.3 Å². The summed E-state index contributed by atoms with van der Waals surface area (Å²) in [4.78, 5) is 14.2. The minimum absolute atomic E-state index is 0.0244. The Morgan fingerprint density at radius 2 is 1.78 bits per heavy atom. The Bertz CT molecular complexity index is 666. The quantitative estimate of drug-likeness (QED) is 0.827. The molecule has 148 valence electrons. The van der Waals surface area contributed by atoms with Crippen molar-refractivity contribution >= 4 is 11.6 Å². The number of carbonyl (C=O) groups is 1. The van der Waals surface area contributed by atoms with E-state index in [9.17, 15) is 4.79 Å². The molecule has 2 saturated carbocycles. The summed E-state index contributed by atoms with van der Waals surface area (Å²) in [6.07, 6.45) is 11.1. The Morgan fingerprint density at radius 1 is 1.04 bits per heavy atom. The van der Waals surface area contributed by atoms with Gasteiger partial charge in [0, 0.05) is 18.7 Å². The predicted molar refractivity (Wildman–Crippen MR) is 109 cm³/mol. The van der Waals surface area contributed by atoms with E-state index < -0.39 is 0 Å². The molecule has 0 radical (unpaired) electrons. The number of piperidine rings is 1. The van der Waals surface area contributed by atoms with E-state index in [1.54, 1.807) is 14.0 Å². The van der Waals surface area contributed by atoms with Crippen molar-refractivity contribution in [2.24, 2.45) is 11.8 Å². The van der Waals surface area contributed by atoms with Crippen LogP contribution < -0.4 is 10.1 Å². The van der Waals surface area contributed by atoms with Crippen LogP contribution in [0.5, 0.6) is 5.75 Å². The molecule has 3 atom stereocenters. The maximum absolute atomic E-state index is 11.4. The van der Waals surface area contributed by atoms with Crippen LogP contribution >= 0.6 is 0 Å². The minimum Gasteiger partial charge on any atom is -0.496 e. The molecule has 4 nitrogen and oxygen atoms in total. The van der Waals surface area contributed by atoms with E-state index in [0.717, 1.165) is 29.3 Å². The van der Waals surface area contributed by atoms with Crippen LogP contribution in [-0.2, 0) is 4.79 Å². The lowest BCUT2D eigenvalue weighted by Gasteiger charge is -2.39. The number of hydrogen-bond acceptors (Lipinski definition) is 3. The second-order valence-corrected chi connectivity index (χ2v) is 8.96. The Balaban J connectivity index is 1.40. The standard InChI is InChI=1S/C23H34N2O2/c1-16(26)24-20-6-8-23(27-2)22(15-20)19-9-11-25(12-10-19)21-7-5-17-3-4-18(13-17)14-21/h6,8,15,17-19,21H,3-5,7,9-14H2,1-2H3,(H,24,26)/t17-,18+,21?/m1/s1. The van der Waals surface area contributed by atoms with E-state index in [1.165, 1.54) is 70.0 Å². The number of benzene rings is 1. The van der Waals surface area contributed by atoms with Gasteiger partial charge in [0.1, 0.15) is 5.75 Å². The lowest BCUT2D eigenvalue weighted by molar-refractivity contribution is -0.114. The number of amides is 1. The van der Waals surface area contributed by atoms with Gasteiger partial charge in [0.05, 0.1) is 7.11 Å². The summed E-state index contributed by atoms with van der Waals surface area (Å²) in [5.74, 6) is 3.47. The molecular weight excluding hydrogens is 336 g/mol. The molecule has 0 aromatic heterocycles. The van der Waals surface area contributed by atoms with Crippen LogP contribution in [0.4, 0.5) is 5.69 Å². The van der Waals surface area contributed by atoms with Gasteiger partial charge >= 0.3 is 0 Å². The first-order chi connectivity index (χ1) is 13.1. The number of rotatable bonds is 4. The summed E-state index contributed by atoms with van der Waals surface area (Å²) >= 11 is 0. The number of methoxy groups -OCH3 is 1. The zero-order chi connectivity index (χ0) is 18.8. The number of nitrogens with one attached hydrogen (secondary N) is 1. The van der Waals surface area contributed by atoms with Crippen molar-refractivity contribution in [3.63, 3.8) is 0 Å². The first-order valence-corrected chi connectivity index (χ1v) is 10.8. The molecule has 3 fully saturated rings. The molecule has 1 unspecified atom stereocenters. The molecule has 1 aliphatic heterocycles. The average Bonchev–Trinajstić information content (AvgIpc) is 3.00. The number of carbonyl (C=O) groups excluding carboxylic acids is 1. The fraction of sp³-hybridized carbons (Fsp3) is 0.696. The smallest absolute Gasteiger partial charge is 0.221 e. The topological polar surface area (TPSA) is 41.6 Å². The van der Waals surface area contributed by atoms with Gasteiger partial charge in [0.2, 0.25) is 5.91 Å². The summed E-state index contributed by atoms with van der Waals surface area (Å²) in [6, 6.07) is 6.86. The Labute approximate surface area is 163 Å². The van der Waals surface area contributed by atoms with Gasteiger partial charge in [0.25, 0.3) is 0 Å². The highest BCUT2D eigenvalue weighted by molar-refractivity contribution is 5.88. The maximum atomic E-state index is 11.4. The average molecular weight is 371 g/mol. The van der Waals surface area contributed by atoms with Crippen LogP contribution in [0.25, 0.3) is 0 Å². The molecule has 1 aromatic rings. The van der Waals surface area contributed by atoms with Gasteiger partial charge in [-0.2, -0.15) is 0 Å². The third-order valence-electron chi connectivity index (χ3n) is 7.20. The molecule has 1 saturated heterocycles. The summed E-state index contributed by atoms with van der Waals surface area (Å²) in [7, 11) is 1.74. The number of hydrogen-bond donors (Lipinski definition) is 1. The second-order valence-electron chi connectivity index (χ2n) is 8.96. The normalized spacial score (nSPS) is 29.3. The van der Waals surface area contributed by atoms with Crippen molar-refractivity contribution in [2.75, 3.05) is 25.5 Å². The number of ether oxygens (including phenoxy) is 1. The van der Waals surface area contributed by atoms with Gasteiger partial charge in [-0.3, -0.25) is 4.79 Å². The van der Waals surface area contributed by atoms with Crippen molar-refractivity contribution < 1.29 is 9.53 Å². The first-order valence-electron chi connectivity index (χ1n) is 10.8. The van der Waals surface area contributed by atoms with E-state index in [1.807, 2.05) is 12.1 Å². The molecule has 1 heterocycles. The molecule has 1 aromatic carbocycles. The molecular formula is C23H34N2O2. The molecule has 2 bridgehead atoms. The zero-order valence-corrected chi connectivity index (χ0v) is 16.9. The Hall–Kier alpha value is -1.55. The van der Waals surface area contributed by atoms with E-state index in [0.29, 0.717) is 5.92 Å². The fourth-order valence-corrected chi connectivity index (χ4v) is 5.83. The monoisotopic (exact) mass is 370 g/mol. The van der Waals surface area contributed by atoms with Gasteiger partial charge in [-0.05, 0) is 93.1 Å². The summed E-state index contributed by atoms with van der Waals surface area (Å²) in [5.41, 5.74) is 2.13. The molecule has 1 N–H and O–H groups in total. The Morgan fingerprint density at radius 3 is 2.52 bits per heavy atom. The van der Waals surface area contributed by atoms with E-state index in [2.05, 4.69) is 16.3 Å². The minimum atomic E-state index is -0.0244. The van der Waals surface area contributed by atoms with Crippen LogP contribution in [0.3, 0.4) is 0 Å². The van der Waals surface area contributed by atoms with Crippen molar-refractivity contribution in [3.8, 4) is 5.75 Å². The van der Waals surface area contributed by atoms with Crippen LogP contribution in [0, 0.1) is 11.8 Å². The lowest BCUT2D eigenvalue weighted by atomic mass is 9.86. The van der Waals surface area contributed by atoms with Gasteiger partial charge < -0.3 is 15.0 Å². The molecule has 4 rings (SSSR count). The van der Waals surface area contributed by atoms with Gasteiger partial charge in [0.15, 0.2) is 0 Å². The SMILES string of the molecule is COc1ccc(NC(C)=O)cc1C1CCN(C2CC[C@H]3CC[C@H](C2)C3)CC1. The lowest BCUT2D eigenvalue weighted by Crippen LogP contribution is -2.41. The van der Waals surface area contributed by atoms with Gasteiger partial charge in [-0.1, -0.05) is 12.8 Å². The highest BCUT2D eigenvalue weighted by Gasteiger charge is 2.35. The number of likely N-dealkylation sites (tertiary alicyclic amines) is 1. The summed E-state index contributed by atoms with van der Waals surface area (Å²) in [5, 5.41) is 2.91. The Kier molecular flexibility index (Phi) is 5.72. The van der Waals surface area contributed by atoms with Gasteiger partial charge in [-0.25, -0.2) is 0 Å². The van der Waals surface area contributed by atoms with E-state index >= 15 is 0 Å². The van der Waals surface area contributed by atoms with Crippen molar-refractivity contribution in [3.05, 3.63) is 23.8 Å². The van der Waals surface area contributed by atoms with Crippen LogP contribution in [0.15, 0.2) is 18.2 Å².